The zero-order valence-electron chi connectivity index (χ0n) is 22.3. The predicted octanol–water partition coefficient (Wildman–Crippen LogP) is 2.70. The van der Waals surface area contributed by atoms with Crippen molar-refractivity contribution < 1.29 is 22.7 Å². The van der Waals surface area contributed by atoms with Crippen LogP contribution >= 0.6 is 0 Å². The average molecular weight is 523 g/mol. The molecule has 36 heavy (non-hydrogen) atoms. The minimum absolute atomic E-state index is 0.00939. The molecule has 2 aliphatic heterocycles. The van der Waals surface area contributed by atoms with Gasteiger partial charge in [-0.05, 0) is 46.5 Å². The Kier molecular flexibility index (Phi) is 8.46. The number of piperazine rings is 1. The molecular formula is C26H42N4O5S. The van der Waals surface area contributed by atoms with E-state index in [4.69, 9.17) is 4.74 Å². The fourth-order valence-electron chi connectivity index (χ4n) is 6.18. The van der Waals surface area contributed by atoms with E-state index in [9.17, 15) is 18.0 Å². The van der Waals surface area contributed by atoms with Crippen molar-refractivity contribution in [3.8, 4) is 0 Å². The molecule has 4 rings (SSSR count). The molecule has 3 heterocycles. The number of rotatable bonds is 6. The smallest absolute Gasteiger partial charge is 0.341 e. The molecule has 0 spiro atoms. The summed E-state index contributed by atoms with van der Waals surface area (Å²) in [4.78, 5) is 30.6. The van der Waals surface area contributed by atoms with E-state index in [0.29, 0.717) is 49.9 Å². The van der Waals surface area contributed by atoms with Gasteiger partial charge in [0.2, 0.25) is 15.9 Å². The first-order valence-electron chi connectivity index (χ1n) is 13.5. The van der Waals surface area contributed by atoms with Crippen molar-refractivity contribution >= 4 is 21.9 Å². The van der Waals surface area contributed by atoms with E-state index in [1.807, 2.05) is 4.90 Å². The van der Waals surface area contributed by atoms with Crippen LogP contribution in [0.3, 0.4) is 0 Å². The maximum absolute atomic E-state index is 13.8. The van der Waals surface area contributed by atoms with Crippen LogP contribution in [0.25, 0.3) is 0 Å². The molecular weight excluding hydrogens is 480 g/mol. The molecule has 0 bridgehead atoms. The van der Waals surface area contributed by atoms with Gasteiger partial charge in [-0.25, -0.2) is 13.2 Å². The first-order valence-corrected chi connectivity index (χ1v) is 15.0. The molecule has 1 aromatic heterocycles. The second-order valence-corrected chi connectivity index (χ2v) is 12.4. The van der Waals surface area contributed by atoms with Gasteiger partial charge in [0, 0.05) is 63.7 Å². The summed E-state index contributed by atoms with van der Waals surface area (Å²) >= 11 is 0. The Balaban J connectivity index is 1.47. The van der Waals surface area contributed by atoms with E-state index in [1.54, 1.807) is 32.4 Å². The largest absolute Gasteiger partial charge is 0.462 e. The highest BCUT2D eigenvalue weighted by molar-refractivity contribution is 7.89. The van der Waals surface area contributed by atoms with Gasteiger partial charge in [0.05, 0.1) is 12.5 Å². The highest BCUT2D eigenvalue weighted by atomic mass is 32.2. The van der Waals surface area contributed by atoms with E-state index in [-0.39, 0.29) is 35.4 Å². The summed E-state index contributed by atoms with van der Waals surface area (Å²) in [6, 6.07) is 0.650. The van der Waals surface area contributed by atoms with Crippen LogP contribution < -0.4 is 0 Å². The molecule has 1 atom stereocenters. The third kappa shape index (κ3) is 5.22. The number of hydrogen-bond acceptors (Lipinski definition) is 6. The normalized spacial score (nSPS) is 23.1. The minimum atomic E-state index is -3.98. The number of sulfonamides is 1. The van der Waals surface area contributed by atoms with E-state index < -0.39 is 16.0 Å². The van der Waals surface area contributed by atoms with Crippen LogP contribution in [0.5, 0.6) is 0 Å². The van der Waals surface area contributed by atoms with Crippen LogP contribution in [-0.2, 0) is 26.6 Å². The lowest BCUT2D eigenvalue weighted by Gasteiger charge is -2.42. The summed E-state index contributed by atoms with van der Waals surface area (Å²) in [7, 11) is -2.22. The molecule has 3 fully saturated rings. The summed E-state index contributed by atoms with van der Waals surface area (Å²) in [6.45, 7) is 9.02. The van der Waals surface area contributed by atoms with Crippen LogP contribution in [0.1, 0.15) is 73.6 Å². The van der Waals surface area contributed by atoms with Gasteiger partial charge < -0.3 is 14.2 Å². The molecule has 2 saturated heterocycles. The molecule has 1 amide bonds. The number of carbonyl (C=O) groups is 2. The molecule has 0 N–H and O–H groups in total. The quantitative estimate of drug-likeness (QED) is 0.534. The van der Waals surface area contributed by atoms with Crippen molar-refractivity contribution in [2.24, 2.45) is 13.0 Å². The second-order valence-electron chi connectivity index (χ2n) is 10.5. The molecule has 0 radical (unpaired) electrons. The Labute approximate surface area is 215 Å². The van der Waals surface area contributed by atoms with E-state index >= 15 is 0 Å². The van der Waals surface area contributed by atoms with Gasteiger partial charge in [-0.3, -0.25) is 9.69 Å². The second kappa shape index (κ2) is 11.2. The number of hydrogen-bond donors (Lipinski definition) is 0. The van der Waals surface area contributed by atoms with Crippen molar-refractivity contribution in [2.45, 2.75) is 76.7 Å². The van der Waals surface area contributed by atoms with E-state index in [1.165, 1.54) is 36.4 Å². The summed E-state index contributed by atoms with van der Waals surface area (Å²) in [5.74, 6) is -0.923. The van der Waals surface area contributed by atoms with Crippen LogP contribution in [0.4, 0.5) is 0 Å². The van der Waals surface area contributed by atoms with Crippen molar-refractivity contribution in [1.82, 2.24) is 18.7 Å². The Morgan fingerprint density at radius 3 is 2.22 bits per heavy atom. The number of carbonyl (C=O) groups excluding carboxylic acids is 2. The molecule has 1 unspecified atom stereocenters. The third-order valence-corrected chi connectivity index (χ3v) is 10.5. The number of piperidine rings is 1. The van der Waals surface area contributed by atoms with E-state index in [0.717, 1.165) is 13.1 Å². The zero-order valence-corrected chi connectivity index (χ0v) is 23.1. The molecule has 0 aromatic carbocycles. The molecule has 3 aliphatic rings. The maximum Gasteiger partial charge on any atom is 0.341 e. The lowest BCUT2D eigenvalue weighted by molar-refractivity contribution is -0.138. The van der Waals surface area contributed by atoms with Gasteiger partial charge in [0.15, 0.2) is 0 Å². The SMILES string of the molecule is CCOC(=O)c1c(S(=O)(=O)N2CCCC(C(=O)N3CCN(C4CCCCC4)CC3)C2)c(C)n(C)c1C. The van der Waals surface area contributed by atoms with Crippen LogP contribution in [0.15, 0.2) is 4.90 Å². The maximum atomic E-state index is 13.8. The Morgan fingerprint density at radius 1 is 0.917 bits per heavy atom. The number of aromatic nitrogens is 1. The van der Waals surface area contributed by atoms with Gasteiger partial charge >= 0.3 is 5.97 Å². The minimum Gasteiger partial charge on any atom is -0.462 e. The van der Waals surface area contributed by atoms with Crippen molar-refractivity contribution in [2.75, 3.05) is 45.9 Å². The Hall–Kier alpha value is -1.91. The standard InChI is InChI=1S/C26H42N4O5S/c1-5-35-26(32)23-19(2)27(4)20(3)24(23)36(33,34)30-13-9-10-21(18-30)25(31)29-16-14-28(15-17-29)22-11-7-6-8-12-22/h21-22H,5-18H2,1-4H3. The molecule has 9 nitrogen and oxygen atoms in total. The predicted molar refractivity (Wildman–Crippen MR) is 137 cm³/mol. The third-order valence-electron chi connectivity index (χ3n) is 8.45. The number of esters is 1. The first-order chi connectivity index (χ1) is 17.2. The average Bonchev–Trinajstić information content (AvgIpc) is 3.13. The molecule has 202 valence electrons. The van der Waals surface area contributed by atoms with E-state index in [2.05, 4.69) is 4.90 Å². The zero-order chi connectivity index (χ0) is 26.0. The number of amides is 1. The number of nitrogens with zero attached hydrogens (tertiary/aromatic N) is 4. The van der Waals surface area contributed by atoms with Crippen LogP contribution in [0.2, 0.25) is 0 Å². The monoisotopic (exact) mass is 522 g/mol. The van der Waals surface area contributed by atoms with Gasteiger partial charge in [0.1, 0.15) is 10.5 Å². The lowest BCUT2D eigenvalue weighted by atomic mass is 9.93. The van der Waals surface area contributed by atoms with Crippen molar-refractivity contribution in [3.63, 3.8) is 0 Å². The van der Waals surface area contributed by atoms with Gasteiger partial charge in [-0.15, -0.1) is 0 Å². The topological polar surface area (TPSA) is 92.2 Å². The molecule has 1 aromatic rings. The number of ether oxygens (including phenoxy) is 1. The highest BCUT2D eigenvalue weighted by Gasteiger charge is 2.40. The van der Waals surface area contributed by atoms with Crippen LogP contribution in [-0.4, -0.2) is 90.9 Å². The molecule has 1 saturated carbocycles. The van der Waals surface area contributed by atoms with Gasteiger partial charge in [0.25, 0.3) is 0 Å². The highest BCUT2D eigenvalue weighted by Crippen LogP contribution is 2.32. The summed E-state index contributed by atoms with van der Waals surface area (Å²) in [6.07, 6.45) is 7.76. The summed E-state index contributed by atoms with van der Waals surface area (Å²) in [5, 5.41) is 0. The van der Waals surface area contributed by atoms with Gasteiger partial charge in [-0.1, -0.05) is 19.3 Å². The summed E-state index contributed by atoms with van der Waals surface area (Å²) in [5.41, 5.74) is 1.16. The summed E-state index contributed by atoms with van der Waals surface area (Å²) < 4.78 is 36.0. The van der Waals surface area contributed by atoms with Crippen molar-refractivity contribution in [1.29, 1.82) is 0 Å². The van der Waals surface area contributed by atoms with Crippen molar-refractivity contribution in [3.05, 3.63) is 17.0 Å². The fourth-order valence-corrected chi connectivity index (χ4v) is 8.18. The molecule has 10 heteroatoms. The molecule has 1 aliphatic carbocycles. The van der Waals surface area contributed by atoms with Gasteiger partial charge in [-0.2, -0.15) is 4.31 Å². The fraction of sp³-hybridized carbons (Fsp3) is 0.769. The Bertz CT molecular complexity index is 1070. The van der Waals surface area contributed by atoms with Crippen LogP contribution in [0, 0.1) is 19.8 Å². The Morgan fingerprint density at radius 2 is 1.58 bits per heavy atom. The first kappa shape index (κ1) is 27.1. The lowest BCUT2D eigenvalue weighted by Crippen LogP contribution is -2.55.